The smallest absolute Gasteiger partial charge is 0.248 e. The maximum absolute atomic E-state index is 14.2. The Kier molecular flexibility index (Phi) is 6.23. The van der Waals surface area contributed by atoms with E-state index in [1.807, 2.05) is 36.6 Å². The molecule has 204 valence electrons. The third-order valence-corrected chi connectivity index (χ3v) is 8.02. The van der Waals surface area contributed by atoms with Crippen LogP contribution in [0.15, 0.2) is 40.9 Å². The minimum absolute atomic E-state index is 0.220. The summed E-state index contributed by atoms with van der Waals surface area (Å²) in [5, 5.41) is 4.05. The number of carbonyl (C=O) groups excluding carboxylic acids is 1. The van der Waals surface area contributed by atoms with Crippen LogP contribution in [0.25, 0.3) is 22.2 Å². The summed E-state index contributed by atoms with van der Waals surface area (Å²) in [6.07, 6.45) is 1.48. The van der Waals surface area contributed by atoms with E-state index in [9.17, 15) is 22.4 Å². The topological polar surface area (TPSA) is 64.2 Å². The van der Waals surface area contributed by atoms with Crippen molar-refractivity contribution in [2.75, 3.05) is 4.90 Å². The monoisotopic (exact) mass is 540 g/mol. The van der Waals surface area contributed by atoms with Crippen LogP contribution in [-0.2, 0) is 4.79 Å². The standard InChI is InChI=1S/C29H28F4N4O2/c1-16-27(17(2)39-35-16)18-6-9-24-23(14-18)34-28(37(24)19-10-12-29(32,33)13-11-19)25-4-3-5-26(38)36(25)20-7-8-21(30)22(31)15-20/h6-9,14-15,19,25H,3-5,10-13H2,1-2H3/t25-/m0/s1. The van der Waals surface area contributed by atoms with Gasteiger partial charge in [-0.3, -0.25) is 4.79 Å². The minimum Gasteiger partial charge on any atom is -0.361 e. The Morgan fingerprint density at radius 1 is 1.00 bits per heavy atom. The van der Waals surface area contributed by atoms with Crippen molar-refractivity contribution in [3.05, 3.63) is 65.3 Å². The number of anilines is 1. The minimum atomic E-state index is -2.71. The second-order valence-corrected chi connectivity index (χ2v) is 10.6. The van der Waals surface area contributed by atoms with Gasteiger partial charge in [-0.2, -0.15) is 0 Å². The van der Waals surface area contributed by atoms with E-state index in [1.54, 1.807) is 0 Å². The van der Waals surface area contributed by atoms with Gasteiger partial charge in [0, 0.05) is 42.6 Å². The quantitative estimate of drug-likeness (QED) is 0.250. The highest BCUT2D eigenvalue weighted by Gasteiger charge is 2.40. The van der Waals surface area contributed by atoms with E-state index in [0.29, 0.717) is 29.9 Å². The molecule has 2 aromatic heterocycles. The van der Waals surface area contributed by atoms with Crippen molar-refractivity contribution in [1.82, 2.24) is 14.7 Å². The maximum atomic E-state index is 14.2. The average Bonchev–Trinajstić information content (AvgIpc) is 3.44. The van der Waals surface area contributed by atoms with E-state index in [-0.39, 0.29) is 49.7 Å². The molecular weight excluding hydrogens is 512 g/mol. The van der Waals surface area contributed by atoms with Crippen LogP contribution >= 0.6 is 0 Å². The van der Waals surface area contributed by atoms with E-state index >= 15 is 0 Å². The van der Waals surface area contributed by atoms with Gasteiger partial charge in [0.1, 0.15) is 11.6 Å². The Morgan fingerprint density at radius 2 is 1.77 bits per heavy atom. The van der Waals surface area contributed by atoms with E-state index in [2.05, 4.69) is 5.16 Å². The summed E-state index contributed by atoms with van der Waals surface area (Å²) < 4.78 is 63.5. The summed E-state index contributed by atoms with van der Waals surface area (Å²) in [6.45, 7) is 3.69. The van der Waals surface area contributed by atoms with Crippen LogP contribution in [0.2, 0.25) is 0 Å². The Morgan fingerprint density at radius 3 is 2.46 bits per heavy atom. The number of aryl methyl sites for hydroxylation is 2. The molecule has 4 aromatic rings. The molecule has 3 heterocycles. The Labute approximate surface area is 222 Å². The van der Waals surface area contributed by atoms with Gasteiger partial charge in [-0.1, -0.05) is 11.2 Å². The van der Waals surface area contributed by atoms with Gasteiger partial charge in [-0.25, -0.2) is 22.5 Å². The first kappa shape index (κ1) is 25.6. The zero-order valence-electron chi connectivity index (χ0n) is 21.7. The number of alkyl halides is 2. The van der Waals surface area contributed by atoms with E-state index in [4.69, 9.17) is 9.51 Å². The van der Waals surface area contributed by atoms with Crippen molar-refractivity contribution in [3.63, 3.8) is 0 Å². The molecule has 39 heavy (non-hydrogen) atoms. The first-order chi connectivity index (χ1) is 18.6. The molecule has 1 aliphatic carbocycles. The fourth-order valence-corrected chi connectivity index (χ4v) is 6.14. The Bertz CT molecular complexity index is 1550. The largest absolute Gasteiger partial charge is 0.361 e. The van der Waals surface area contributed by atoms with Gasteiger partial charge < -0.3 is 14.0 Å². The fourth-order valence-electron chi connectivity index (χ4n) is 6.14. The molecule has 0 spiro atoms. The number of amides is 1. The van der Waals surface area contributed by atoms with Crippen LogP contribution in [0.3, 0.4) is 0 Å². The molecule has 1 saturated carbocycles. The molecule has 0 radical (unpaired) electrons. The molecule has 0 bridgehead atoms. The zero-order valence-corrected chi connectivity index (χ0v) is 21.7. The van der Waals surface area contributed by atoms with Crippen molar-refractivity contribution >= 4 is 22.6 Å². The number of hydrogen-bond donors (Lipinski definition) is 0. The molecule has 2 aliphatic rings. The lowest BCUT2D eigenvalue weighted by Crippen LogP contribution is -2.40. The molecule has 1 amide bonds. The lowest BCUT2D eigenvalue weighted by atomic mass is 9.91. The predicted molar refractivity (Wildman–Crippen MR) is 138 cm³/mol. The van der Waals surface area contributed by atoms with E-state index in [0.717, 1.165) is 34.5 Å². The summed E-state index contributed by atoms with van der Waals surface area (Å²) in [6, 6.07) is 8.40. The van der Waals surface area contributed by atoms with Crippen LogP contribution < -0.4 is 4.90 Å². The first-order valence-corrected chi connectivity index (χ1v) is 13.2. The van der Waals surface area contributed by atoms with Crippen LogP contribution in [0, 0.1) is 25.5 Å². The number of nitrogens with zero attached hydrogens (tertiary/aromatic N) is 4. The first-order valence-electron chi connectivity index (χ1n) is 13.2. The molecule has 1 aliphatic heterocycles. The van der Waals surface area contributed by atoms with Crippen molar-refractivity contribution in [2.24, 2.45) is 0 Å². The number of halogens is 4. The molecule has 6 rings (SSSR count). The number of rotatable bonds is 4. The van der Waals surface area contributed by atoms with Crippen LogP contribution in [0.1, 0.15) is 74.3 Å². The molecule has 6 nitrogen and oxygen atoms in total. The van der Waals surface area contributed by atoms with Gasteiger partial charge in [0.15, 0.2) is 11.6 Å². The number of aromatic nitrogens is 3. The number of fused-ring (bicyclic) bond motifs is 1. The highest BCUT2D eigenvalue weighted by atomic mass is 19.3. The second-order valence-electron chi connectivity index (χ2n) is 10.6. The number of carbonyl (C=O) groups is 1. The predicted octanol–water partition coefficient (Wildman–Crippen LogP) is 7.59. The van der Waals surface area contributed by atoms with Gasteiger partial charge in [0.25, 0.3) is 0 Å². The summed E-state index contributed by atoms with van der Waals surface area (Å²) in [5.74, 6) is -3.74. The number of benzene rings is 2. The third kappa shape index (κ3) is 4.49. The van der Waals surface area contributed by atoms with Gasteiger partial charge >= 0.3 is 0 Å². The molecule has 1 atom stereocenters. The molecule has 0 unspecified atom stereocenters. The number of imidazole rings is 1. The van der Waals surface area contributed by atoms with E-state index < -0.39 is 23.6 Å². The summed E-state index contributed by atoms with van der Waals surface area (Å²) in [5.41, 5.74) is 4.14. The normalized spacial score (nSPS) is 20.2. The SMILES string of the molecule is Cc1noc(C)c1-c1ccc2c(c1)nc([C@@H]1CCCC(=O)N1c1ccc(F)c(F)c1)n2C1CCC(F)(F)CC1. The van der Waals surface area contributed by atoms with Gasteiger partial charge in [0.2, 0.25) is 11.8 Å². The third-order valence-electron chi connectivity index (χ3n) is 8.02. The molecule has 10 heteroatoms. The number of piperidine rings is 1. The molecule has 0 N–H and O–H groups in total. The van der Waals surface area contributed by atoms with Gasteiger partial charge in [-0.05, 0) is 69.4 Å². The average molecular weight is 541 g/mol. The maximum Gasteiger partial charge on any atom is 0.248 e. The highest BCUT2D eigenvalue weighted by molar-refractivity contribution is 5.95. The highest BCUT2D eigenvalue weighted by Crippen LogP contribution is 2.44. The van der Waals surface area contributed by atoms with Crippen molar-refractivity contribution in [1.29, 1.82) is 0 Å². The lowest BCUT2D eigenvalue weighted by Gasteiger charge is -2.37. The van der Waals surface area contributed by atoms with Crippen LogP contribution in [0.5, 0.6) is 0 Å². The van der Waals surface area contributed by atoms with Crippen molar-refractivity contribution in [2.45, 2.75) is 76.8 Å². The molecule has 1 saturated heterocycles. The zero-order chi connectivity index (χ0) is 27.5. The van der Waals surface area contributed by atoms with Gasteiger partial charge in [-0.15, -0.1) is 0 Å². The second kappa shape index (κ2) is 9.50. The Balaban J connectivity index is 1.51. The van der Waals surface area contributed by atoms with Crippen LogP contribution in [0.4, 0.5) is 23.2 Å². The summed E-state index contributed by atoms with van der Waals surface area (Å²) in [7, 11) is 0. The van der Waals surface area contributed by atoms with E-state index in [1.165, 1.54) is 11.0 Å². The Hall–Kier alpha value is -3.69. The van der Waals surface area contributed by atoms with Crippen molar-refractivity contribution in [3.8, 4) is 11.1 Å². The fraction of sp³-hybridized carbons (Fsp3) is 0.414. The number of hydrogen-bond acceptors (Lipinski definition) is 4. The molecular formula is C29H28F4N4O2. The van der Waals surface area contributed by atoms with Crippen LogP contribution in [-0.4, -0.2) is 26.5 Å². The lowest BCUT2D eigenvalue weighted by molar-refractivity contribution is -0.120. The van der Waals surface area contributed by atoms with Crippen molar-refractivity contribution < 1.29 is 26.9 Å². The summed E-state index contributed by atoms with van der Waals surface area (Å²) >= 11 is 0. The summed E-state index contributed by atoms with van der Waals surface area (Å²) in [4.78, 5) is 19.7. The molecule has 2 fully saturated rings. The molecule has 2 aromatic carbocycles. The van der Waals surface area contributed by atoms with Gasteiger partial charge in [0.05, 0.1) is 22.8 Å².